The molecule has 4 heteroatoms. The summed E-state index contributed by atoms with van der Waals surface area (Å²) in [6.45, 7) is 1.47. The molecule has 0 heterocycles. The summed E-state index contributed by atoms with van der Waals surface area (Å²) < 4.78 is 0.887. The molecule has 0 saturated heterocycles. The molecular weight excluding hydrogens is 287 g/mol. The Kier molecular flexibility index (Phi) is 4.42. The third-order valence-electron chi connectivity index (χ3n) is 1.78. The second-order valence-electron chi connectivity index (χ2n) is 3.00. The van der Waals surface area contributed by atoms with E-state index in [9.17, 15) is 4.79 Å². The highest BCUT2D eigenvalue weighted by Gasteiger charge is 2.13. The molecule has 0 fully saturated rings. The molecule has 76 valence electrons. The van der Waals surface area contributed by atoms with Crippen LogP contribution in [0.3, 0.4) is 0 Å². The zero-order chi connectivity index (χ0) is 10.7. The molecular formula is C10H9BrCl2O. The van der Waals surface area contributed by atoms with Crippen LogP contribution in [0.5, 0.6) is 0 Å². The minimum Gasteiger partial charge on any atom is -0.298 e. The van der Waals surface area contributed by atoms with Crippen LogP contribution in [-0.2, 0) is 10.7 Å². The van der Waals surface area contributed by atoms with Gasteiger partial charge in [-0.25, -0.2) is 0 Å². The number of rotatable bonds is 3. The first-order chi connectivity index (χ1) is 6.54. The van der Waals surface area contributed by atoms with Crippen molar-refractivity contribution in [1.82, 2.24) is 0 Å². The van der Waals surface area contributed by atoms with Gasteiger partial charge in [0.2, 0.25) is 0 Å². The lowest BCUT2D eigenvalue weighted by molar-refractivity contribution is -0.116. The maximum atomic E-state index is 11.1. The lowest BCUT2D eigenvalue weighted by atomic mass is 10.1. The van der Waals surface area contributed by atoms with E-state index in [2.05, 4.69) is 15.9 Å². The maximum absolute atomic E-state index is 11.1. The van der Waals surface area contributed by atoms with Gasteiger partial charge in [0.25, 0.3) is 0 Å². The van der Waals surface area contributed by atoms with Crippen LogP contribution in [0.1, 0.15) is 23.4 Å². The summed E-state index contributed by atoms with van der Waals surface area (Å²) >= 11 is 15.0. The molecule has 1 unspecified atom stereocenters. The van der Waals surface area contributed by atoms with Gasteiger partial charge in [0, 0.05) is 10.4 Å². The maximum Gasteiger partial charge on any atom is 0.152 e. The van der Waals surface area contributed by atoms with Gasteiger partial charge in [-0.2, -0.15) is 0 Å². The molecule has 1 rings (SSSR count). The quantitative estimate of drug-likeness (QED) is 0.769. The minimum atomic E-state index is -0.588. The first-order valence-corrected chi connectivity index (χ1v) is 5.81. The van der Waals surface area contributed by atoms with E-state index in [0.717, 1.165) is 15.6 Å². The Morgan fingerprint density at radius 1 is 1.50 bits per heavy atom. The van der Waals surface area contributed by atoms with E-state index in [-0.39, 0.29) is 5.78 Å². The molecule has 0 aliphatic rings. The van der Waals surface area contributed by atoms with Crippen molar-refractivity contribution < 1.29 is 4.79 Å². The summed E-state index contributed by atoms with van der Waals surface area (Å²) in [4.78, 5) is 11.1. The molecule has 0 saturated carbocycles. The molecule has 1 atom stereocenters. The van der Waals surface area contributed by atoms with Gasteiger partial charge in [-0.1, -0.05) is 22.0 Å². The molecule has 1 nitrogen and oxygen atoms in total. The van der Waals surface area contributed by atoms with Gasteiger partial charge in [0.15, 0.2) is 5.78 Å². The highest BCUT2D eigenvalue weighted by Crippen LogP contribution is 2.26. The van der Waals surface area contributed by atoms with Crippen molar-refractivity contribution in [2.24, 2.45) is 0 Å². The fourth-order valence-corrected chi connectivity index (χ4v) is 1.97. The largest absolute Gasteiger partial charge is 0.298 e. The smallest absolute Gasteiger partial charge is 0.152 e. The normalized spacial score (nSPS) is 12.6. The molecule has 0 aromatic heterocycles. The summed E-state index contributed by atoms with van der Waals surface area (Å²) in [5.74, 6) is 0.346. The summed E-state index contributed by atoms with van der Waals surface area (Å²) in [6.07, 6.45) is 0. The number of ketones is 1. The Morgan fingerprint density at radius 3 is 2.64 bits per heavy atom. The van der Waals surface area contributed by atoms with Gasteiger partial charge in [-0.15, -0.1) is 23.2 Å². The second-order valence-corrected chi connectivity index (χ2v) is 4.62. The van der Waals surface area contributed by atoms with E-state index in [1.807, 2.05) is 18.2 Å². The fraction of sp³-hybridized carbons (Fsp3) is 0.300. The van der Waals surface area contributed by atoms with Gasteiger partial charge in [-0.3, -0.25) is 4.79 Å². The van der Waals surface area contributed by atoms with E-state index in [1.54, 1.807) is 0 Å². The van der Waals surface area contributed by atoms with Gasteiger partial charge >= 0.3 is 0 Å². The average molecular weight is 296 g/mol. The summed E-state index contributed by atoms with van der Waals surface area (Å²) in [5, 5.41) is -0.588. The molecule has 0 amide bonds. The molecule has 1 aromatic rings. The van der Waals surface area contributed by atoms with Crippen LogP contribution in [0.2, 0.25) is 0 Å². The third kappa shape index (κ3) is 2.97. The van der Waals surface area contributed by atoms with Crippen molar-refractivity contribution in [2.75, 3.05) is 0 Å². The van der Waals surface area contributed by atoms with Gasteiger partial charge in [0.1, 0.15) is 5.38 Å². The van der Waals surface area contributed by atoms with Crippen LogP contribution in [0.25, 0.3) is 0 Å². The molecule has 0 bridgehead atoms. The van der Waals surface area contributed by atoms with Crippen LogP contribution in [0.4, 0.5) is 0 Å². The zero-order valence-electron chi connectivity index (χ0n) is 7.56. The standard InChI is InChI=1S/C10H9BrCl2O/c1-6(14)10(13)8-2-7(5-12)3-9(11)4-8/h2-4,10H,5H2,1H3. The van der Waals surface area contributed by atoms with Crippen molar-refractivity contribution in [3.05, 3.63) is 33.8 Å². The van der Waals surface area contributed by atoms with Crippen molar-refractivity contribution in [3.63, 3.8) is 0 Å². The van der Waals surface area contributed by atoms with Crippen molar-refractivity contribution in [1.29, 1.82) is 0 Å². The molecule has 0 radical (unpaired) electrons. The van der Waals surface area contributed by atoms with Gasteiger partial charge in [-0.05, 0) is 30.2 Å². The molecule has 0 spiro atoms. The van der Waals surface area contributed by atoms with E-state index >= 15 is 0 Å². The third-order valence-corrected chi connectivity index (χ3v) is 3.11. The summed E-state index contributed by atoms with van der Waals surface area (Å²) in [5.41, 5.74) is 1.73. The van der Waals surface area contributed by atoms with E-state index in [0.29, 0.717) is 5.88 Å². The van der Waals surface area contributed by atoms with Crippen LogP contribution >= 0.6 is 39.1 Å². The predicted molar refractivity (Wildman–Crippen MR) is 63.0 cm³/mol. The molecule has 0 aliphatic carbocycles. The van der Waals surface area contributed by atoms with Crippen molar-refractivity contribution in [3.8, 4) is 0 Å². The number of halogens is 3. The number of alkyl halides is 2. The van der Waals surface area contributed by atoms with Crippen LogP contribution in [-0.4, -0.2) is 5.78 Å². The first-order valence-electron chi connectivity index (χ1n) is 4.04. The SMILES string of the molecule is CC(=O)C(Cl)c1cc(Br)cc(CCl)c1. The Balaban J connectivity index is 3.08. The lowest BCUT2D eigenvalue weighted by Crippen LogP contribution is -2.02. The zero-order valence-corrected chi connectivity index (χ0v) is 10.7. The Hall–Kier alpha value is -0.0500. The highest BCUT2D eigenvalue weighted by molar-refractivity contribution is 9.10. The topological polar surface area (TPSA) is 17.1 Å². The number of hydrogen-bond acceptors (Lipinski definition) is 1. The number of benzene rings is 1. The average Bonchev–Trinajstić information content (AvgIpc) is 2.15. The molecule has 0 aliphatic heterocycles. The number of carbonyl (C=O) groups is 1. The Labute approximate surface area is 102 Å². The fourth-order valence-electron chi connectivity index (χ4n) is 1.13. The van der Waals surface area contributed by atoms with Crippen LogP contribution < -0.4 is 0 Å². The second kappa shape index (κ2) is 5.15. The Morgan fingerprint density at radius 2 is 2.14 bits per heavy atom. The van der Waals surface area contributed by atoms with E-state index in [4.69, 9.17) is 23.2 Å². The molecule has 0 N–H and O–H groups in total. The van der Waals surface area contributed by atoms with E-state index in [1.165, 1.54) is 6.92 Å². The summed E-state index contributed by atoms with van der Waals surface area (Å²) in [6, 6.07) is 5.58. The number of Topliss-reactive ketones (excluding diaryl/α,β-unsaturated/α-hetero) is 1. The van der Waals surface area contributed by atoms with Gasteiger partial charge < -0.3 is 0 Å². The number of hydrogen-bond donors (Lipinski definition) is 0. The monoisotopic (exact) mass is 294 g/mol. The van der Waals surface area contributed by atoms with Crippen LogP contribution in [0, 0.1) is 0 Å². The van der Waals surface area contributed by atoms with E-state index < -0.39 is 5.38 Å². The minimum absolute atomic E-state index is 0.0645. The van der Waals surface area contributed by atoms with Crippen molar-refractivity contribution in [2.45, 2.75) is 18.2 Å². The molecule has 14 heavy (non-hydrogen) atoms. The highest BCUT2D eigenvalue weighted by atomic mass is 79.9. The summed E-state index contributed by atoms with van der Waals surface area (Å²) in [7, 11) is 0. The first kappa shape index (κ1) is 12.0. The molecule has 1 aromatic carbocycles. The number of carbonyl (C=O) groups excluding carboxylic acids is 1. The van der Waals surface area contributed by atoms with Crippen molar-refractivity contribution >= 4 is 44.9 Å². The predicted octanol–water partition coefficient (Wildman–Crippen LogP) is 4.06. The Bertz CT molecular complexity index is 352. The van der Waals surface area contributed by atoms with Gasteiger partial charge in [0.05, 0.1) is 0 Å². The lowest BCUT2D eigenvalue weighted by Gasteiger charge is -2.08. The van der Waals surface area contributed by atoms with Crippen LogP contribution in [0.15, 0.2) is 22.7 Å².